The Hall–Kier alpha value is -1.80. The van der Waals surface area contributed by atoms with Crippen LogP contribution in [0.1, 0.15) is 15.9 Å². The molecule has 1 aromatic carbocycles. The summed E-state index contributed by atoms with van der Waals surface area (Å²) < 4.78 is 0. The zero-order chi connectivity index (χ0) is 15.4. The van der Waals surface area contributed by atoms with E-state index in [1.807, 2.05) is 0 Å². The Morgan fingerprint density at radius 2 is 1.45 bits per heavy atom. The van der Waals surface area contributed by atoms with Crippen molar-refractivity contribution in [1.29, 1.82) is 0 Å². The highest BCUT2D eigenvalue weighted by Gasteiger charge is 2.37. The van der Waals surface area contributed by atoms with Crippen LogP contribution in [0.15, 0.2) is 24.3 Å². The lowest BCUT2D eigenvalue weighted by molar-refractivity contribution is -0.161. The zero-order valence-corrected chi connectivity index (χ0v) is 10.7. The number of carbonyl (C=O) groups excluding carboxylic acids is 1. The van der Waals surface area contributed by atoms with Crippen LogP contribution in [-0.2, 0) is 4.79 Å². The van der Waals surface area contributed by atoms with Crippen LogP contribution in [0.2, 0.25) is 0 Å². The number of ketones is 1. The molecule has 0 saturated heterocycles. The number of carbonyl (C=O) groups is 2. The minimum absolute atomic E-state index is 0.135. The number of aliphatic hydroxyl groups excluding tert-OH is 4. The van der Waals surface area contributed by atoms with E-state index in [0.29, 0.717) is 5.56 Å². The first-order valence-corrected chi connectivity index (χ1v) is 5.82. The fraction of sp³-hybridized carbons (Fsp3) is 0.385. The van der Waals surface area contributed by atoms with Crippen LogP contribution in [0.5, 0.6) is 0 Å². The van der Waals surface area contributed by atoms with Gasteiger partial charge in [-0.05, 0) is 12.5 Å². The van der Waals surface area contributed by atoms with Gasteiger partial charge in [-0.25, -0.2) is 4.79 Å². The maximum atomic E-state index is 12.0. The Bertz CT molecular complexity index is 499. The van der Waals surface area contributed by atoms with Gasteiger partial charge in [0.25, 0.3) is 0 Å². The van der Waals surface area contributed by atoms with Crippen molar-refractivity contribution < 1.29 is 35.1 Å². The predicted octanol–water partition coefficient (Wildman–Crippen LogP) is -1.29. The molecular weight excluding hydrogens is 268 g/mol. The van der Waals surface area contributed by atoms with E-state index in [1.165, 1.54) is 6.07 Å². The summed E-state index contributed by atoms with van der Waals surface area (Å²) in [4.78, 5) is 22.4. The average Bonchev–Trinajstić information content (AvgIpc) is 2.43. The van der Waals surface area contributed by atoms with Gasteiger partial charge in [0.15, 0.2) is 11.9 Å². The molecule has 20 heavy (non-hydrogen) atoms. The first-order chi connectivity index (χ1) is 9.27. The van der Waals surface area contributed by atoms with Gasteiger partial charge in [0, 0.05) is 5.56 Å². The van der Waals surface area contributed by atoms with Crippen molar-refractivity contribution in [3.8, 4) is 0 Å². The van der Waals surface area contributed by atoms with E-state index in [9.17, 15) is 24.9 Å². The molecule has 110 valence electrons. The van der Waals surface area contributed by atoms with E-state index in [4.69, 9.17) is 10.2 Å². The van der Waals surface area contributed by atoms with Crippen LogP contribution >= 0.6 is 0 Å². The second-order valence-corrected chi connectivity index (χ2v) is 4.39. The molecule has 5 N–H and O–H groups in total. The van der Waals surface area contributed by atoms with Gasteiger partial charge in [0.1, 0.15) is 18.3 Å². The summed E-state index contributed by atoms with van der Waals surface area (Å²) in [6.07, 6.45) is -8.65. The smallest absolute Gasteiger partial charge is 0.335 e. The molecule has 7 nitrogen and oxygen atoms in total. The molecule has 1 aromatic rings. The third-order valence-corrected chi connectivity index (χ3v) is 2.93. The Labute approximate surface area is 114 Å². The number of aliphatic carboxylic acids is 1. The van der Waals surface area contributed by atoms with Crippen LogP contribution < -0.4 is 0 Å². The van der Waals surface area contributed by atoms with Crippen molar-refractivity contribution in [3.05, 3.63) is 35.4 Å². The van der Waals surface area contributed by atoms with Crippen molar-refractivity contribution in [2.24, 2.45) is 0 Å². The van der Waals surface area contributed by atoms with Crippen LogP contribution in [0.3, 0.4) is 0 Å². The topological polar surface area (TPSA) is 135 Å². The number of carboxylic acid groups (broad SMARTS) is 1. The van der Waals surface area contributed by atoms with E-state index >= 15 is 0 Å². The summed E-state index contributed by atoms with van der Waals surface area (Å²) in [5.41, 5.74) is 0.688. The minimum Gasteiger partial charge on any atom is -0.479 e. The lowest BCUT2D eigenvalue weighted by Gasteiger charge is -2.24. The van der Waals surface area contributed by atoms with Crippen molar-refractivity contribution in [2.75, 3.05) is 0 Å². The number of benzene rings is 1. The SMILES string of the molecule is Cc1ccccc1C(=O)[C@H](O)[C@@H](O)[C@H](O)[C@H](O)C(=O)O. The van der Waals surface area contributed by atoms with Gasteiger partial charge >= 0.3 is 5.97 Å². The van der Waals surface area contributed by atoms with E-state index in [0.717, 1.165) is 0 Å². The summed E-state index contributed by atoms with van der Waals surface area (Å²) >= 11 is 0. The monoisotopic (exact) mass is 284 g/mol. The number of carboxylic acids is 1. The fourth-order valence-electron chi connectivity index (χ4n) is 1.68. The molecule has 1 rings (SSSR count). The summed E-state index contributed by atoms with van der Waals surface area (Å²) in [6.45, 7) is 1.62. The molecule has 0 aliphatic rings. The molecule has 0 aliphatic carbocycles. The maximum Gasteiger partial charge on any atom is 0.335 e. The number of aliphatic hydroxyl groups is 4. The highest BCUT2D eigenvalue weighted by atomic mass is 16.4. The number of Topliss-reactive ketones (excluding diaryl/α,β-unsaturated/α-hetero) is 1. The Kier molecular flexibility index (Phi) is 5.34. The largest absolute Gasteiger partial charge is 0.479 e. The lowest BCUT2D eigenvalue weighted by atomic mass is 9.94. The van der Waals surface area contributed by atoms with Crippen LogP contribution in [-0.4, -0.2) is 61.7 Å². The van der Waals surface area contributed by atoms with E-state index in [2.05, 4.69) is 0 Å². The molecule has 4 atom stereocenters. The van der Waals surface area contributed by atoms with Crippen molar-refractivity contribution in [3.63, 3.8) is 0 Å². The Balaban J connectivity index is 2.89. The molecular formula is C13H16O7. The van der Waals surface area contributed by atoms with Gasteiger partial charge in [-0.15, -0.1) is 0 Å². The lowest BCUT2D eigenvalue weighted by Crippen LogP contribution is -2.50. The molecule has 0 saturated carbocycles. The first-order valence-electron chi connectivity index (χ1n) is 5.82. The Morgan fingerprint density at radius 1 is 0.950 bits per heavy atom. The fourth-order valence-corrected chi connectivity index (χ4v) is 1.68. The van der Waals surface area contributed by atoms with Gasteiger partial charge in [0.05, 0.1) is 0 Å². The standard InChI is InChI=1S/C13H16O7/c1-6-4-2-3-5-7(6)8(14)9(15)10(16)11(17)12(18)13(19)20/h2-5,9-12,15-18H,1H3,(H,19,20)/t9-,10+,11-,12-/m0/s1. The molecule has 7 heteroatoms. The molecule has 0 heterocycles. The van der Waals surface area contributed by atoms with Crippen LogP contribution in [0, 0.1) is 6.92 Å². The minimum atomic E-state index is -2.30. The van der Waals surface area contributed by atoms with Gasteiger partial charge in [-0.3, -0.25) is 4.79 Å². The molecule has 0 spiro atoms. The van der Waals surface area contributed by atoms with Gasteiger partial charge in [-0.1, -0.05) is 24.3 Å². The molecule has 0 unspecified atom stereocenters. The number of aryl methyl sites for hydroxylation is 1. The number of hydrogen-bond donors (Lipinski definition) is 5. The average molecular weight is 284 g/mol. The molecule has 0 amide bonds. The van der Waals surface area contributed by atoms with Crippen molar-refractivity contribution in [2.45, 2.75) is 31.3 Å². The van der Waals surface area contributed by atoms with Crippen LogP contribution in [0.4, 0.5) is 0 Å². The second kappa shape index (κ2) is 6.58. The van der Waals surface area contributed by atoms with Crippen molar-refractivity contribution in [1.82, 2.24) is 0 Å². The summed E-state index contributed by atoms with van der Waals surface area (Å²) in [5.74, 6) is -2.64. The highest BCUT2D eigenvalue weighted by molar-refractivity contribution is 6.01. The molecule has 0 radical (unpaired) electrons. The molecule has 0 aromatic heterocycles. The summed E-state index contributed by atoms with van der Waals surface area (Å²) in [5, 5.41) is 46.3. The third-order valence-electron chi connectivity index (χ3n) is 2.93. The first kappa shape index (κ1) is 16.3. The summed E-state index contributed by atoms with van der Waals surface area (Å²) in [6, 6.07) is 6.28. The molecule has 0 fully saturated rings. The quantitative estimate of drug-likeness (QED) is 0.410. The third kappa shape index (κ3) is 3.40. The summed E-state index contributed by atoms with van der Waals surface area (Å²) in [7, 11) is 0. The van der Waals surface area contributed by atoms with Gasteiger partial charge < -0.3 is 25.5 Å². The van der Waals surface area contributed by atoms with E-state index in [-0.39, 0.29) is 5.56 Å². The highest BCUT2D eigenvalue weighted by Crippen LogP contribution is 2.14. The maximum absolute atomic E-state index is 12.0. The Morgan fingerprint density at radius 3 is 1.95 bits per heavy atom. The number of rotatable bonds is 6. The normalized spacial score (nSPS) is 17.1. The van der Waals surface area contributed by atoms with Gasteiger partial charge in [-0.2, -0.15) is 0 Å². The second-order valence-electron chi connectivity index (χ2n) is 4.39. The van der Waals surface area contributed by atoms with Crippen LogP contribution in [0.25, 0.3) is 0 Å². The van der Waals surface area contributed by atoms with Gasteiger partial charge in [0.2, 0.25) is 0 Å². The predicted molar refractivity (Wildman–Crippen MR) is 67.2 cm³/mol. The van der Waals surface area contributed by atoms with Crippen molar-refractivity contribution >= 4 is 11.8 Å². The molecule has 0 bridgehead atoms. The van der Waals surface area contributed by atoms with E-state index < -0.39 is 36.2 Å². The number of hydrogen-bond acceptors (Lipinski definition) is 6. The zero-order valence-electron chi connectivity index (χ0n) is 10.7. The molecule has 0 aliphatic heterocycles. The van der Waals surface area contributed by atoms with E-state index in [1.54, 1.807) is 25.1 Å².